The summed E-state index contributed by atoms with van der Waals surface area (Å²) in [5, 5.41) is 8.76. The lowest BCUT2D eigenvalue weighted by Gasteiger charge is -2.10. The summed E-state index contributed by atoms with van der Waals surface area (Å²) >= 11 is 0. The zero-order valence-electron chi connectivity index (χ0n) is 10.7. The van der Waals surface area contributed by atoms with E-state index in [0.29, 0.717) is 11.1 Å². The highest BCUT2D eigenvalue weighted by molar-refractivity contribution is 7.89. The van der Waals surface area contributed by atoms with Gasteiger partial charge >= 0.3 is 0 Å². The summed E-state index contributed by atoms with van der Waals surface area (Å²) in [4.78, 5) is 0.254. The minimum absolute atomic E-state index is 0.0116. The van der Waals surface area contributed by atoms with Crippen molar-refractivity contribution in [3.05, 3.63) is 29.3 Å². The molecule has 5 heteroatoms. The molecular formula is C13H16N2O2S. The summed E-state index contributed by atoms with van der Waals surface area (Å²) in [7, 11) is -3.48. The van der Waals surface area contributed by atoms with E-state index in [2.05, 4.69) is 4.72 Å². The summed E-state index contributed by atoms with van der Waals surface area (Å²) in [6, 6.07) is 6.62. The first-order valence-electron chi connectivity index (χ1n) is 5.79. The molecule has 0 aromatic heterocycles. The molecule has 1 aromatic rings. The molecule has 0 aliphatic heterocycles. The van der Waals surface area contributed by atoms with Crippen LogP contribution >= 0.6 is 0 Å². The number of benzene rings is 1. The lowest BCUT2D eigenvalue weighted by Crippen LogP contribution is -2.29. The maximum absolute atomic E-state index is 12.2. The Morgan fingerprint density at radius 2 is 2.06 bits per heavy atom. The second-order valence-corrected chi connectivity index (χ2v) is 7.14. The van der Waals surface area contributed by atoms with Crippen LogP contribution in [-0.4, -0.2) is 14.5 Å². The molecule has 0 radical (unpaired) electrons. The van der Waals surface area contributed by atoms with Gasteiger partial charge in [0.2, 0.25) is 10.0 Å². The van der Waals surface area contributed by atoms with Crippen molar-refractivity contribution in [1.29, 1.82) is 5.26 Å². The zero-order valence-corrected chi connectivity index (χ0v) is 11.5. The number of hydrogen-bond donors (Lipinski definition) is 1. The molecule has 1 N–H and O–H groups in total. The van der Waals surface area contributed by atoms with Crippen molar-refractivity contribution in [1.82, 2.24) is 4.72 Å². The largest absolute Gasteiger partial charge is 0.241 e. The van der Waals surface area contributed by atoms with Crippen molar-refractivity contribution >= 4 is 10.0 Å². The molecule has 0 spiro atoms. The molecule has 1 unspecified atom stereocenters. The van der Waals surface area contributed by atoms with Gasteiger partial charge in [-0.05, 0) is 42.5 Å². The van der Waals surface area contributed by atoms with Gasteiger partial charge in [-0.15, -0.1) is 0 Å². The molecule has 1 atom stereocenters. The molecule has 2 rings (SSSR count). The maximum atomic E-state index is 12.2. The van der Waals surface area contributed by atoms with Crippen molar-refractivity contribution in [3.8, 4) is 6.07 Å². The first kappa shape index (κ1) is 13.1. The lowest BCUT2D eigenvalue weighted by molar-refractivity contribution is 0.554. The predicted octanol–water partition coefficient (Wildman–Crippen LogP) is 1.94. The molecule has 1 aliphatic rings. The van der Waals surface area contributed by atoms with Gasteiger partial charge in [0.15, 0.2) is 0 Å². The Morgan fingerprint density at radius 3 is 2.50 bits per heavy atom. The quantitative estimate of drug-likeness (QED) is 0.907. The Labute approximate surface area is 108 Å². The third-order valence-electron chi connectivity index (χ3n) is 3.40. The van der Waals surface area contributed by atoms with Crippen LogP contribution in [0.25, 0.3) is 0 Å². The number of hydrogen-bond acceptors (Lipinski definition) is 3. The summed E-state index contributed by atoms with van der Waals surface area (Å²) in [5.74, 6) is 0. The van der Waals surface area contributed by atoms with Crippen LogP contribution in [0.2, 0.25) is 0 Å². The SMILES string of the molecule is Cc1cc(C#N)ccc1S(=O)(=O)NC1CC1(C)C. The molecule has 0 heterocycles. The zero-order chi connectivity index (χ0) is 13.6. The molecular weight excluding hydrogens is 248 g/mol. The van der Waals surface area contributed by atoms with Crippen molar-refractivity contribution < 1.29 is 8.42 Å². The summed E-state index contributed by atoms with van der Waals surface area (Å²) in [6.45, 7) is 5.77. The first-order valence-corrected chi connectivity index (χ1v) is 7.28. The van der Waals surface area contributed by atoms with Crippen molar-refractivity contribution in [2.24, 2.45) is 5.41 Å². The minimum atomic E-state index is -3.48. The van der Waals surface area contributed by atoms with E-state index < -0.39 is 10.0 Å². The average Bonchev–Trinajstić information content (AvgIpc) is 2.84. The van der Waals surface area contributed by atoms with Crippen LogP contribution in [0.1, 0.15) is 31.4 Å². The maximum Gasteiger partial charge on any atom is 0.241 e. The molecule has 1 saturated carbocycles. The smallest absolute Gasteiger partial charge is 0.208 e. The van der Waals surface area contributed by atoms with Gasteiger partial charge in [0.25, 0.3) is 0 Å². The van der Waals surface area contributed by atoms with E-state index in [1.165, 1.54) is 12.1 Å². The van der Waals surface area contributed by atoms with Gasteiger partial charge in [0.1, 0.15) is 0 Å². The molecule has 18 heavy (non-hydrogen) atoms. The molecule has 0 saturated heterocycles. The Morgan fingerprint density at radius 1 is 1.44 bits per heavy atom. The fraction of sp³-hybridized carbons (Fsp3) is 0.462. The van der Waals surface area contributed by atoms with Gasteiger partial charge in [-0.1, -0.05) is 13.8 Å². The molecule has 0 bridgehead atoms. The first-order chi connectivity index (χ1) is 8.26. The van der Waals surface area contributed by atoms with Crippen LogP contribution in [0.5, 0.6) is 0 Å². The topological polar surface area (TPSA) is 70.0 Å². The van der Waals surface area contributed by atoms with E-state index in [1.54, 1.807) is 13.0 Å². The number of nitrogens with one attached hydrogen (secondary N) is 1. The minimum Gasteiger partial charge on any atom is -0.208 e. The van der Waals surface area contributed by atoms with Gasteiger partial charge in [-0.2, -0.15) is 5.26 Å². The third kappa shape index (κ3) is 2.40. The molecule has 96 valence electrons. The van der Waals surface area contributed by atoms with Gasteiger partial charge in [-0.3, -0.25) is 0 Å². The van der Waals surface area contributed by atoms with E-state index in [-0.39, 0.29) is 16.4 Å². The van der Waals surface area contributed by atoms with Crippen molar-refractivity contribution in [2.45, 2.75) is 38.1 Å². The van der Waals surface area contributed by atoms with Crippen LogP contribution in [0.3, 0.4) is 0 Å². The summed E-state index contributed by atoms with van der Waals surface area (Å²) in [5.41, 5.74) is 1.12. The van der Waals surface area contributed by atoms with E-state index in [0.717, 1.165) is 6.42 Å². The van der Waals surface area contributed by atoms with Crippen LogP contribution in [0.15, 0.2) is 23.1 Å². The number of nitrogens with zero attached hydrogens (tertiary/aromatic N) is 1. The molecule has 4 nitrogen and oxygen atoms in total. The van der Waals surface area contributed by atoms with Crippen LogP contribution < -0.4 is 4.72 Å². The fourth-order valence-electron chi connectivity index (χ4n) is 1.94. The monoisotopic (exact) mass is 264 g/mol. The summed E-state index contributed by atoms with van der Waals surface area (Å²) in [6.07, 6.45) is 0.863. The molecule has 0 amide bonds. The molecule has 1 aliphatic carbocycles. The Hall–Kier alpha value is -1.38. The van der Waals surface area contributed by atoms with Crippen LogP contribution in [0, 0.1) is 23.7 Å². The highest BCUT2D eigenvalue weighted by atomic mass is 32.2. The number of sulfonamides is 1. The van der Waals surface area contributed by atoms with Gasteiger partial charge in [-0.25, -0.2) is 13.1 Å². The normalized spacial score (nSPS) is 21.3. The van der Waals surface area contributed by atoms with Gasteiger partial charge in [0, 0.05) is 6.04 Å². The number of rotatable bonds is 3. The molecule has 1 aromatic carbocycles. The standard InChI is InChI=1S/C13H16N2O2S/c1-9-6-10(8-14)4-5-11(9)18(16,17)15-12-7-13(12,2)3/h4-6,12,15H,7H2,1-3H3. The van der Waals surface area contributed by atoms with Crippen molar-refractivity contribution in [2.75, 3.05) is 0 Å². The van der Waals surface area contributed by atoms with Gasteiger partial charge < -0.3 is 0 Å². The predicted molar refractivity (Wildman–Crippen MR) is 68.4 cm³/mol. The Bertz CT molecular complexity index is 627. The van der Waals surface area contributed by atoms with E-state index in [1.807, 2.05) is 19.9 Å². The second kappa shape index (κ2) is 4.08. The van der Waals surface area contributed by atoms with Crippen LogP contribution in [-0.2, 0) is 10.0 Å². The summed E-state index contributed by atoms with van der Waals surface area (Å²) < 4.78 is 27.1. The lowest BCUT2D eigenvalue weighted by atomic mass is 10.2. The average molecular weight is 264 g/mol. The fourth-order valence-corrected chi connectivity index (χ4v) is 3.57. The Kier molecular flexibility index (Phi) is 2.96. The van der Waals surface area contributed by atoms with Gasteiger partial charge in [0.05, 0.1) is 16.5 Å². The Balaban J connectivity index is 2.28. The second-order valence-electron chi connectivity index (χ2n) is 5.46. The third-order valence-corrected chi connectivity index (χ3v) is 5.04. The number of aryl methyl sites for hydroxylation is 1. The highest BCUT2D eigenvalue weighted by Crippen LogP contribution is 2.45. The molecule has 1 fully saturated rings. The van der Waals surface area contributed by atoms with Crippen LogP contribution in [0.4, 0.5) is 0 Å². The van der Waals surface area contributed by atoms with Crippen molar-refractivity contribution in [3.63, 3.8) is 0 Å². The number of nitriles is 1. The van der Waals surface area contributed by atoms with E-state index >= 15 is 0 Å². The highest BCUT2D eigenvalue weighted by Gasteiger charge is 2.47. The van der Waals surface area contributed by atoms with E-state index in [4.69, 9.17) is 5.26 Å². The van der Waals surface area contributed by atoms with E-state index in [9.17, 15) is 8.42 Å².